The Hall–Kier alpha value is -1.51. The Bertz CT molecular complexity index is 425. The molecule has 0 heterocycles. The smallest absolute Gasteiger partial charge is 0.255 e. The van der Waals surface area contributed by atoms with E-state index in [4.69, 9.17) is 4.74 Å². The molecule has 0 fully saturated rings. The van der Waals surface area contributed by atoms with E-state index in [1.807, 2.05) is 12.1 Å². The quantitative estimate of drug-likeness (QED) is 0.853. The summed E-state index contributed by atoms with van der Waals surface area (Å²) >= 11 is 0. The van der Waals surface area contributed by atoms with Gasteiger partial charge in [-0.15, -0.1) is 0 Å². The summed E-state index contributed by atoms with van der Waals surface area (Å²) in [4.78, 5) is 12.2. The number of nitrogens with one attached hydrogen (secondary N) is 1. The van der Waals surface area contributed by atoms with Gasteiger partial charge in [0.25, 0.3) is 5.91 Å². The highest BCUT2D eigenvalue weighted by Gasteiger charge is 2.21. The zero-order valence-corrected chi connectivity index (χ0v) is 12.6. The van der Waals surface area contributed by atoms with Crippen LogP contribution in [0.15, 0.2) is 24.3 Å². The first kappa shape index (κ1) is 15.5. The molecule has 0 radical (unpaired) electrons. The number of ether oxygens (including phenoxy) is 1. The Labute approximate surface area is 116 Å². The fourth-order valence-electron chi connectivity index (χ4n) is 2.42. The number of carbonyl (C=O) groups excluding carboxylic acids is 1. The minimum absolute atomic E-state index is 0.0747. The summed E-state index contributed by atoms with van der Waals surface area (Å²) in [6, 6.07) is 7.28. The van der Waals surface area contributed by atoms with Crippen molar-refractivity contribution in [3.05, 3.63) is 29.8 Å². The molecular weight excluding hydrogens is 238 g/mol. The van der Waals surface area contributed by atoms with Crippen LogP contribution in [0.3, 0.4) is 0 Å². The van der Waals surface area contributed by atoms with E-state index in [0.29, 0.717) is 23.8 Å². The lowest BCUT2D eigenvalue weighted by atomic mass is 9.84. The fourth-order valence-corrected chi connectivity index (χ4v) is 2.42. The molecule has 3 heteroatoms. The zero-order valence-electron chi connectivity index (χ0n) is 12.6. The lowest BCUT2D eigenvalue weighted by molar-refractivity contribution is 0.0928. The van der Waals surface area contributed by atoms with Gasteiger partial charge in [-0.3, -0.25) is 4.79 Å². The van der Waals surface area contributed by atoms with Gasteiger partial charge in [0.05, 0.1) is 12.7 Å². The summed E-state index contributed by atoms with van der Waals surface area (Å²) < 4.78 is 5.20. The molecule has 0 atom stereocenters. The zero-order chi connectivity index (χ0) is 14.5. The van der Waals surface area contributed by atoms with Crippen molar-refractivity contribution >= 4 is 5.91 Å². The maximum Gasteiger partial charge on any atom is 0.255 e. The van der Waals surface area contributed by atoms with Gasteiger partial charge in [0, 0.05) is 6.54 Å². The van der Waals surface area contributed by atoms with Crippen molar-refractivity contribution in [1.82, 2.24) is 5.32 Å². The van der Waals surface area contributed by atoms with Gasteiger partial charge in [-0.05, 0) is 29.9 Å². The molecule has 0 aliphatic heterocycles. The lowest BCUT2D eigenvalue weighted by Gasteiger charge is -2.27. The lowest BCUT2D eigenvalue weighted by Crippen LogP contribution is -2.34. The predicted octanol–water partition coefficient (Wildman–Crippen LogP) is 3.50. The standard InChI is InChI=1S/C16H25NO2/c1-12(2)10-16(3,4)11-17-15(18)13-8-6-7-9-14(13)19-5/h6-9,12H,10-11H2,1-5H3,(H,17,18). The molecule has 0 saturated carbocycles. The average Bonchev–Trinajstić information content (AvgIpc) is 2.34. The first-order valence-electron chi connectivity index (χ1n) is 6.77. The molecule has 1 N–H and O–H groups in total. The minimum atomic E-state index is -0.0747. The van der Waals surface area contributed by atoms with Crippen LogP contribution in [0.1, 0.15) is 44.5 Å². The third kappa shape index (κ3) is 4.93. The molecule has 1 amide bonds. The van der Waals surface area contributed by atoms with Gasteiger partial charge in [0.15, 0.2) is 0 Å². The van der Waals surface area contributed by atoms with Gasteiger partial charge in [-0.25, -0.2) is 0 Å². The van der Waals surface area contributed by atoms with Crippen molar-refractivity contribution in [2.75, 3.05) is 13.7 Å². The Kier molecular flexibility index (Phi) is 5.40. The van der Waals surface area contributed by atoms with Crippen LogP contribution in [-0.2, 0) is 0 Å². The van der Waals surface area contributed by atoms with Crippen LogP contribution >= 0.6 is 0 Å². The molecule has 1 aromatic rings. The van der Waals surface area contributed by atoms with Crippen molar-refractivity contribution in [2.45, 2.75) is 34.1 Å². The highest BCUT2D eigenvalue weighted by molar-refractivity contribution is 5.96. The van der Waals surface area contributed by atoms with Crippen molar-refractivity contribution in [3.63, 3.8) is 0 Å². The van der Waals surface area contributed by atoms with E-state index in [9.17, 15) is 4.79 Å². The maximum atomic E-state index is 12.2. The third-order valence-corrected chi connectivity index (χ3v) is 3.04. The van der Waals surface area contributed by atoms with Gasteiger partial charge in [-0.1, -0.05) is 39.8 Å². The summed E-state index contributed by atoms with van der Waals surface area (Å²) in [5.41, 5.74) is 0.691. The number of methoxy groups -OCH3 is 1. The van der Waals surface area contributed by atoms with E-state index in [0.717, 1.165) is 6.42 Å². The first-order valence-corrected chi connectivity index (χ1v) is 6.77. The number of benzene rings is 1. The summed E-state index contributed by atoms with van der Waals surface area (Å²) in [5, 5.41) is 3.00. The highest BCUT2D eigenvalue weighted by Crippen LogP contribution is 2.24. The Morgan fingerprint density at radius 2 is 1.95 bits per heavy atom. The summed E-state index contributed by atoms with van der Waals surface area (Å²) in [7, 11) is 1.58. The van der Waals surface area contributed by atoms with Crippen molar-refractivity contribution < 1.29 is 9.53 Å². The Morgan fingerprint density at radius 1 is 1.32 bits per heavy atom. The predicted molar refractivity (Wildman–Crippen MR) is 78.6 cm³/mol. The average molecular weight is 263 g/mol. The third-order valence-electron chi connectivity index (χ3n) is 3.04. The minimum Gasteiger partial charge on any atom is -0.496 e. The molecule has 0 bridgehead atoms. The second kappa shape index (κ2) is 6.60. The van der Waals surface area contributed by atoms with Crippen LogP contribution in [0.5, 0.6) is 5.75 Å². The number of carbonyl (C=O) groups is 1. The molecule has 0 saturated heterocycles. The van der Waals surface area contributed by atoms with E-state index in [1.54, 1.807) is 19.2 Å². The van der Waals surface area contributed by atoms with E-state index in [2.05, 4.69) is 33.0 Å². The number of hydrogen-bond acceptors (Lipinski definition) is 2. The van der Waals surface area contributed by atoms with Gasteiger partial charge in [0.1, 0.15) is 5.75 Å². The Morgan fingerprint density at radius 3 is 2.53 bits per heavy atom. The first-order chi connectivity index (χ1) is 8.85. The van der Waals surface area contributed by atoms with Crippen LogP contribution < -0.4 is 10.1 Å². The molecule has 0 aliphatic rings. The second-order valence-corrected chi connectivity index (χ2v) is 6.15. The molecule has 19 heavy (non-hydrogen) atoms. The Balaban J connectivity index is 2.65. The largest absolute Gasteiger partial charge is 0.496 e. The molecule has 3 nitrogen and oxygen atoms in total. The summed E-state index contributed by atoms with van der Waals surface area (Å²) in [5.74, 6) is 1.16. The molecule has 0 aromatic heterocycles. The summed E-state index contributed by atoms with van der Waals surface area (Å²) in [6.45, 7) is 9.42. The highest BCUT2D eigenvalue weighted by atomic mass is 16.5. The second-order valence-electron chi connectivity index (χ2n) is 6.15. The maximum absolute atomic E-state index is 12.2. The number of para-hydroxylation sites is 1. The van der Waals surface area contributed by atoms with Crippen molar-refractivity contribution in [3.8, 4) is 5.75 Å². The van der Waals surface area contributed by atoms with Crippen LogP contribution in [-0.4, -0.2) is 19.6 Å². The van der Waals surface area contributed by atoms with E-state index in [-0.39, 0.29) is 11.3 Å². The van der Waals surface area contributed by atoms with Gasteiger partial charge < -0.3 is 10.1 Å². The normalized spacial score (nSPS) is 11.5. The van der Waals surface area contributed by atoms with Gasteiger partial charge in [0.2, 0.25) is 0 Å². The molecule has 0 spiro atoms. The van der Waals surface area contributed by atoms with Gasteiger partial charge >= 0.3 is 0 Å². The van der Waals surface area contributed by atoms with E-state index < -0.39 is 0 Å². The molecule has 0 unspecified atom stereocenters. The van der Waals surface area contributed by atoms with Crippen molar-refractivity contribution in [2.24, 2.45) is 11.3 Å². The monoisotopic (exact) mass is 263 g/mol. The number of hydrogen-bond donors (Lipinski definition) is 1. The summed E-state index contributed by atoms with van der Waals surface area (Å²) in [6.07, 6.45) is 1.08. The molecule has 106 valence electrons. The van der Waals surface area contributed by atoms with Crippen LogP contribution in [0.4, 0.5) is 0 Å². The van der Waals surface area contributed by atoms with E-state index in [1.165, 1.54) is 0 Å². The number of rotatable bonds is 6. The molecular formula is C16H25NO2. The van der Waals surface area contributed by atoms with Crippen LogP contribution in [0, 0.1) is 11.3 Å². The van der Waals surface area contributed by atoms with E-state index >= 15 is 0 Å². The van der Waals surface area contributed by atoms with Crippen LogP contribution in [0.25, 0.3) is 0 Å². The molecule has 0 aliphatic carbocycles. The molecule has 1 rings (SSSR count). The molecule has 1 aromatic carbocycles. The SMILES string of the molecule is COc1ccccc1C(=O)NCC(C)(C)CC(C)C. The fraction of sp³-hybridized carbons (Fsp3) is 0.562. The topological polar surface area (TPSA) is 38.3 Å². The van der Waals surface area contributed by atoms with Crippen LogP contribution in [0.2, 0.25) is 0 Å². The van der Waals surface area contributed by atoms with Crippen molar-refractivity contribution in [1.29, 1.82) is 0 Å². The number of amides is 1. The van der Waals surface area contributed by atoms with Gasteiger partial charge in [-0.2, -0.15) is 0 Å².